The van der Waals surface area contributed by atoms with E-state index in [0.29, 0.717) is 11.4 Å². The third kappa shape index (κ3) is 4.32. The molecule has 0 bridgehead atoms. The first-order chi connectivity index (χ1) is 11.0. The zero-order chi connectivity index (χ0) is 16.8. The van der Waals surface area contributed by atoms with Crippen LogP contribution in [0.25, 0.3) is 0 Å². The number of nitrogens with one attached hydrogen (secondary N) is 2. The van der Waals surface area contributed by atoms with Crippen molar-refractivity contribution < 1.29 is 9.59 Å². The Labute approximate surface area is 136 Å². The number of carbonyl (C=O) groups is 2. The molecule has 5 heteroatoms. The van der Waals surface area contributed by atoms with Crippen LogP contribution in [0.4, 0.5) is 17.1 Å². The molecule has 120 valence electrons. The van der Waals surface area contributed by atoms with E-state index in [1.807, 2.05) is 62.3 Å². The molecule has 2 rings (SSSR count). The Morgan fingerprint density at radius 3 is 2.35 bits per heavy atom. The van der Waals surface area contributed by atoms with Gasteiger partial charge in [0, 0.05) is 31.2 Å². The molecule has 2 N–H and O–H groups in total. The summed E-state index contributed by atoms with van der Waals surface area (Å²) in [6.07, 6.45) is 0.781. The normalized spacial score (nSPS) is 10.0. The molecule has 0 unspecified atom stereocenters. The molecule has 2 amide bonds. The van der Waals surface area contributed by atoms with Crippen molar-refractivity contribution in [2.75, 3.05) is 29.6 Å². The minimum absolute atomic E-state index is 0.583. The summed E-state index contributed by atoms with van der Waals surface area (Å²) in [6.45, 7) is 2.00. The predicted octanol–water partition coefficient (Wildman–Crippen LogP) is 2.89. The highest BCUT2D eigenvalue weighted by Gasteiger charge is 2.15. The van der Waals surface area contributed by atoms with Crippen LogP contribution in [0.2, 0.25) is 0 Å². The lowest BCUT2D eigenvalue weighted by Gasteiger charge is -2.14. The molecule has 2 aromatic rings. The number of hydrogen-bond acceptors (Lipinski definition) is 3. The fourth-order valence-electron chi connectivity index (χ4n) is 2.18. The van der Waals surface area contributed by atoms with Gasteiger partial charge in [-0.3, -0.25) is 9.59 Å². The molecule has 23 heavy (non-hydrogen) atoms. The highest BCUT2D eigenvalue weighted by Crippen LogP contribution is 2.18. The van der Waals surface area contributed by atoms with Crippen LogP contribution < -0.4 is 15.5 Å². The van der Waals surface area contributed by atoms with E-state index >= 15 is 0 Å². The van der Waals surface area contributed by atoms with Crippen molar-refractivity contribution in [3.8, 4) is 0 Å². The molecule has 0 atom stereocenters. The van der Waals surface area contributed by atoms with Gasteiger partial charge in [-0.15, -0.1) is 0 Å². The lowest BCUT2D eigenvalue weighted by atomic mass is 10.1. The summed E-state index contributed by atoms with van der Waals surface area (Å²) in [5.41, 5.74) is 3.18. The summed E-state index contributed by atoms with van der Waals surface area (Å²) >= 11 is 0. The second-order valence-electron chi connectivity index (χ2n) is 5.36. The first-order valence-electron chi connectivity index (χ1n) is 7.49. The van der Waals surface area contributed by atoms with Gasteiger partial charge in [-0.25, -0.2) is 0 Å². The van der Waals surface area contributed by atoms with E-state index in [1.165, 1.54) is 0 Å². The van der Waals surface area contributed by atoms with E-state index in [9.17, 15) is 9.59 Å². The van der Waals surface area contributed by atoms with Gasteiger partial charge in [0.2, 0.25) is 0 Å². The number of carbonyl (C=O) groups excluding carboxylic acids is 2. The van der Waals surface area contributed by atoms with Crippen molar-refractivity contribution in [1.29, 1.82) is 0 Å². The van der Waals surface area contributed by atoms with E-state index < -0.39 is 11.8 Å². The molecule has 2 aromatic carbocycles. The molecule has 0 radical (unpaired) electrons. The van der Waals surface area contributed by atoms with Crippen LogP contribution >= 0.6 is 0 Å². The summed E-state index contributed by atoms with van der Waals surface area (Å²) < 4.78 is 0. The van der Waals surface area contributed by atoms with Crippen LogP contribution in [0.3, 0.4) is 0 Å². The second kappa shape index (κ2) is 7.45. The number of para-hydroxylation sites is 1. The van der Waals surface area contributed by atoms with Crippen LogP contribution in [0.1, 0.15) is 12.5 Å². The van der Waals surface area contributed by atoms with Gasteiger partial charge in [-0.05, 0) is 36.2 Å². The molecule has 0 fully saturated rings. The maximum absolute atomic E-state index is 12.1. The number of aryl methyl sites for hydroxylation is 1. The van der Waals surface area contributed by atoms with Crippen LogP contribution in [0, 0.1) is 0 Å². The summed E-state index contributed by atoms with van der Waals surface area (Å²) in [6, 6.07) is 14.8. The zero-order valence-electron chi connectivity index (χ0n) is 13.6. The number of hydrogen-bond donors (Lipinski definition) is 2. The van der Waals surface area contributed by atoms with E-state index in [-0.39, 0.29) is 0 Å². The van der Waals surface area contributed by atoms with Gasteiger partial charge in [0.25, 0.3) is 0 Å². The molecule has 5 nitrogen and oxygen atoms in total. The number of benzene rings is 2. The second-order valence-corrected chi connectivity index (χ2v) is 5.36. The van der Waals surface area contributed by atoms with Crippen molar-refractivity contribution in [3.05, 3.63) is 54.1 Å². The maximum atomic E-state index is 12.1. The molecule has 0 spiro atoms. The molecule has 0 saturated carbocycles. The monoisotopic (exact) mass is 311 g/mol. The number of anilines is 3. The number of rotatable bonds is 4. The number of nitrogens with zero attached hydrogens (tertiary/aromatic N) is 1. The van der Waals surface area contributed by atoms with Gasteiger partial charge in [0.15, 0.2) is 0 Å². The average Bonchev–Trinajstić information content (AvgIpc) is 2.55. The molecule has 0 heterocycles. The van der Waals surface area contributed by atoms with Gasteiger partial charge < -0.3 is 15.5 Å². The van der Waals surface area contributed by atoms with E-state index in [1.54, 1.807) is 12.1 Å². The van der Waals surface area contributed by atoms with Crippen molar-refractivity contribution >= 4 is 28.9 Å². The summed E-state index contributed by atoms with van der Waals surface area (Å²) in [5, 5.41) is 5.27. The first-order valence-corrected chi connectivity index (χ1v) is 7.49. The Morgan fingerprint density at radius 2 is 1.65 bits per heavy atom. The maximum Gasteiger partial charge on any atom is 0.314 e. The smallest absolute Gasteiger partial charge is 0.314 e. The molecule has 0 saturated heterocycles. The highest BCUT2D eigenvalue weighted by molar-refractivity contribution is 6.43. The minimum Gasteiger partial charge on any atom is -0.378 e. The van der Waals surface area contributed by atoms with Crippen LogP contribution in [0.5, 0.6) is 0 Å². The third-order valence-electron chi connectivity index (χ3n) is 3.47. The van der Waals surface area contributed by atoms with Crippen LogP contribution in [-0.4, -0.2) is 25.9 Å². The van der Waals surface area contributed by atoms with Crippen molar-refractivity contribution in [2.45, 2.75) is 13.3 Å². The minimum atomic E-state index is -0.688. The fraction of sp³-hybridized carbons (Fsp3) is 0.222. The van der Waals surface area contributed by atoms with Gasteiger partial charge in [-0.2, -0.15) is 0 Å². The standard InChI is InChI=1S/C18H21N3O2/c1-4-13-8-5-6-11-16(13)20-18(23)17(22)19-14-9-7-10-15(12-14)21(2)3/h5-12H,4H2,1-3H3,(H,19,22)(H,20,23). The Morgan fingerprint density at radius 1 is 0.957 bits per heavy atom. The number of amides is 2. The van der Waals surface area contributed by atoms with Gasteiger partial charge in [-0.1, -0.05) is 31.2 Å². The van der Waals surface area contributed by atoms with Crippen LogP contribution in [0.15, 0.2) is 48.5 Å². The predicted molar refractivity (Wildman–Crippen MR) is 93.8 cm³/mol. The van der Waals surface area contributed by atoms with Crippen LogP contribution in [-0.2, 0) is 16.0 Å². The first kappa shape index (κ1) is 16.5. The zero-order valence-corrected chi connectivity index (χ0v) is 13.6. The lowest BCUT2D eigenvalue weighted by molar-refractivity contribution is -0.133. The Kier molecular flexibility index (Phi) is 5.36. The summed E-state index contributed by atoms with van der Waals surface area (Å²) in [4.78, 5) is 26.1. The molecule has 0 aromatic heterocycles. The topological polar surface area (TPSA) is 61.4 Å². The van der Waals surface area contributed by atoms with E-state index in [0.717, 1.165) is 17.7 Å². The highest BCUT2D eigenvalue weighted by atomic mass is 16.2. The Balaban J connectivity index is 2.06. The molecule has 0 aliphatic rings. The quantitative estimate of drug-likeness (QED) is 0.854. The van der Waals surface area contributed by atoms with Gasteiger partial charge in [0.1, 0.15) is 0 Å². The van der Waals surface area contributed by atoms with E-state index in [4.69, 9.17) is 0 Å². The Bertz CT molecular complexity index is 711. The average molecular weight is 311 g/mol. The fourth-order valence-corrected chi connectivity index (χ4v) is 2.18. The largest absolute Gasteiger partial charge is 0.378 e. The van der Waals surface area contributed by atoms with E-state index in [2.05, 4.69) is 10.6 Å². The third-order valence-corrected chi connectivity index (χ3v) is 3.47. The molecule has 0 aliphatic heterocycles. The molecular weight excluding hydrogens is 290 g/mol. The van der Waals surface area contributed by atoms with Gasteiger partial charge >= 0.3 is 11.8 Å². The molecular formula is C18H21N3O2. The summed E-state index contributed by atoms with van der Waals surface area (Å²) in [5.74, 6) is -1.37. The SMILES string of the molecule is CCc1ccccc1NC(=O)C(=O)Nc1cccc(N(C)C)c1. The molecule has 0 aliphatic carbocycles. The van der Waals surface area contributed by atoms with Gasteiger partial charge in [0.05, 0.1) is 0 Å². The lowest BCUT2D eigenvalue weighted by Crippen LogP contribution is -2.29. The van der Waals surface area contributed by atoms with Crippen molar-refractivity contribution in [1.82, 2.24) is 0 Å². The van der Waals surface area contributed by atoms with Crippen molar-refractivity contribution in [3.63, 3.8) is 0 Å². The van der Waals surface area contributed by atoms with Crippen molar-refractivity contribution in [2.24, 2.45) is 0 Å². The Hall–Kier alpha value is -2.82. The summed E-state index contributed by atoms with van der Waals surface area (Å²) in [7, 11) is 3.82.